The first-order valence-corrected chi connectivity index (χ1v) is 8.75. The van der Waals surface area contributed by atoms with Crippen LogP contribution in [-0.2, 0) is 0 Å². The van der Waals surface area contributed by atoms with Crippen LogP contribution in [0.1, 0.15) is 44.7 Å². The monoisotopic (exact) mass is 317 g/mol. The number of thioether (sulfide) groups is 1. The molecule has 0 saturated heterocycles. The van der Waals surface area contributed by atoms with Gasteiger partial charge in [-0.1, -0.05) is 42.6 Å². The predicted molar refractivity (Wildman–Crippen MR) is 87.6 cm³/mol. The van der Waals surface area contributed by atoms with Crippen LogP contribution in [0.25, 0.3) is 0 Å². The zero-order valence-electron chi connectivity index (χ0n) is 11.5. The molecule has 1 aliphatic carbocycles. The summed E-state index contributed by atoms with van der Waals surface area (Å²) in [5, 5.41) is 5.94. The maximum atomic E-state index is 6.28. The fourth-order valence-electron chi connectivity index (χ4n) is 2.79. The number of rotatable bonds is 5. The van der Waals surface area contributed by atoms with Crippen molar-refractivity contribution in [2.75, 3.05) is 5.75 Å². The highest BCUT2D eigenvalue weighted by Gasteiger charge is 2.28. The minimum Gasteiger partial charge on any atom is -0.306 e. The van der Waals surface area contributed by atoms with Crippen LogP contribution in [0.3, 0.4) is 0 Å². The first kappa shape index (κ1) is 15.5. The van der Waals surface area contributed by atoms with E-state index in [1.165, 1.54) is 25.0 Å². The summed E-state index contributed by atoms with van der Waals surface area (Å²) in [7, 11) is 0. The maximum Gasteiger partial charge on any atom is 0.0468 e. The van der Waals surface area contributed by atoms with E-state index in [9.17, 15) is 0 Å². The fraction of sp³-hybridized carbons (Fsp3) is 0.600. The zero-order chi connectivity index (χ0) is 13.8. The van der Waals surface area contributed by atoms with Gasteiger partial charge in [0.2, 0.25) is 0 Å². The van der Waals surface area contributed by atoms with E-state index in [1.54, 1.807) is 0 Å². The molecular weight excluding hydrogens is 297 g/mol. The van der Waals surface area contributed by atoms with E-state index in [-0.39, 0.29) is 6.04 Å². The maximum absolute atomic E-state index is 6.28. The Hall–Kier alpha value is 0.110. The van der Waals surface area contributed by atoms with Crippen molar-refractivity contribution in [2.24, 2.45) is 0 Å². The molecule has 106 valence electrons. The van der Waals surface area contributed by atoms with Crippen molar-refractivity contribution in [3.63, 3.8) is 0 Å². The van der Waals surface area contributed by atoms with Crippen molar-refractivity contribution in [2.45, 2.75) is 50.4 Å². The number of hydrogen-bond acceptors (Lipinski definition) is 2. The Balaban J connectivity index is 2.02. The third kappa shape index (κ3) is 4.04. The zero-order valence-corrected chi connectivity index (χ0v) is 13.8. The Bertz CT molecular complexity index is 425. The first-order valence-electron chi connectivity index (χ1n) is 6.94. The van der Waals surface area contributed by atoms with Gasteiger partial charge in [-0.2, -0.15) is 11.8 Å². The molecule has 0 radical (unpaired) electrons. The molecule has 0 heterocycles. The average Bonchev–Trinajstić information content (AvgIpc) is 2.77. The van der Waals surface area contributed by atoms with Crippen molar-refractivity contribution in [3.05, 3.63) is 33.8 Å². The van der Waals surface area contributed by atoms with Crippen molar-refractivity contribution in [1.82, 2.24) is 5.32 Å². The van der Waals surface area contributed by atoms with E-state index in [2.05, 4.69) is 30.9 Å². The van der Waals surface area contributed by atoms with Crippen molar-refractivity contribution in [1.29, 1.82) is 0 Å². The van der Waals surface area contributed by atoms with Crippen LogP contribution < -0.4 is 5.32 Å². The second-order valence-electron chi connectivity index (χ2n) is 5.09. The van der Waals surface area contributed by atoms with Crippen LogP contribution >= 0.6 is 35.0 Å². The molecule has 0 amide bonds. The predicted octanol–water partition coefficient (Wildman–Crippen LogP) is 5.32. The highest BCUT2D eigenvalue weighted by Crippen LogP contribution is 2.33. The Kier molecular flexibility index (Phi) is 5.88. The Labute approximate surface area is 130 Å². The van der Waals surface area contributed by atoms with Crippen molar-refractivity contribution < 1.29 is 0 Å². The van der Waals surface area contributed by atoms with E-state index in [1.807, 2.05) is 18.2 Å². The van der Waals surface area contributed by atoms with Gasteiger partial charge in [0.1, 0.15) is 0 Å². The van der Waals surface area contributed by atoms with Gasteiger partial charge in [-0.05, 0) is 43.2 Å². The van der Waals surface area contributed by atoms with E-state index in [4.69, 9.17) is 23.2 Å². The quantitative estimate of drug-likeness (QED) is 0.789. The van der Waals surface area contributed by atoms with Gasteiger partial charge in [0.25, 0.3) is 0 Å². The molecule has 4 heteroatoms. The third-order valence-corrected chi connectivity index (χ3v) is 5.61. The van der Waals surface area contributed by atoms with E-state index in [0.717, 1.165) is 15.8 Å². The number of hydrogen-bond donors (Lipinski definition) is 1. The molecule has 1 aromatic rings. The summed E-state index contributed by atoms with van der Waals surface area (Å²) in [6.07, 6.45) is 3.93. The normalized spacial score (nSPS) is 24.6. The minimum atomic E-state index is 0.271. The Morgan fingerprint density at radius 2 is 2.16 bits per heavy atom. The summed E-state index contributed by atoms with van der Waals surface area (Å²) in [5.74, 6) is 1.19. The summed E-state index contributed by atoms with van der Waals surface area (Å²) in [6.45, 7) is 4.42. The first-order chi connectivity index (χ1) is 9.11. The second-order valence-corrected chi connectivity index (χ2v) is 7.45. The fourth-order valence-corrected chi connectivity index (χ4v) is 4.57. The lowest BCUT2D eigenvalue weighted by molar-refractivity contribution is 0.467. The number of nitrogens with one attached hydrogen (secondary N) is 1. The van der Waals surface area contributed by atoms with E-state index >= 15 is 0 Å². The molecule has 1 nitrogen and oxygen atoms in total. The van der Waals surface area contributed by atoms with Crippen LogP contribution in [0, 0.1) is 0 Å². The van der Waals surface area contributed by atoms with Crippen molar-refractivity contribution >= 4 is 35.0 Å². The lowest BCUT2D eigenvalue weighted by Crippen LogP contribution is -2.36. The Morgan fingerprint density at radius 3 is 2.84 bits per heavy atom. The molecule has 0 aromatic heterocycles. The summed E-state index contributed by atoms with van der Waals surface area (Å²) in [4.78, 5) is 0. The standard InChI is InChI=1S/C15H21Cl2NS/c1-3-19-15-6-4-5-14(15)18-10(2)12-8-7-11(16)9-13(12)17/h7-10,14-15,18H,3-6H2,1-2H3. The SMILES string of the molecule is CCSC1CCCC1NC(C)c1ccc(Cl)cc1Cl. The van der Waals surface area contributed by atoms with Crippen LogP contribution in [-0.4, -0.2) is 17.0 Å². The van der Waals surface area contributed by atoms with Gasteiger partial charge in [-0.25, -0.2) is 0 Å². The molecule has 3 unspecified atom stereocenters. The van der Waals surface area contributed by atoms with Crippen LogP contribution in [0.5, 0.6) is 0 Å². The summed E-state index contributed by atoms with van der Waals surface area (Å²) in [6, 6.07) is 6.64. The molecule has 2 rings (SSSR count). The lowest BCUT2D eigenvalue weighted by Gasteiger charge is -2.25. The minimum absolute atomic E-state index is 0.271. The molecule has 3 atom stereocenters. The third-order valence-electron chi connectivity index (χ3n) is 3.73. The second kappa shape index (κ2) is 7.21. The number of benzene rings is 1. The van der Waals surface area contributed by atoms with Crippen LogP contribution in [0.15, 0.2) is 18.2 Å². The van der Waals surface area contributed by atoms with Gasteiger partial charge in [0.05, 0.1) is 0 Å². The largest absolute Gasteiger partial charge is 0.306 e. The van der Waals surface area contributed by atoms with Gasteiger partial charge in [0.15, 0.2) is 0 Å². The molecule has 1 N–H and O–H groups in total. The van der Waals surface area contributed by atoms with Gasteiger partial charge in [0, 0.05) is 27.4 Å². The lowest BCUT2D eigenvalue weighted by atomic mass is 10.1. The topological polar surface area (TPSA) is 12.0 Å². The Morgan fingerprint density at radius 1 is 1.37 bits per heavy atom. The molecule has 1 aromatic carbocycles. The molecule has 1 aliphatic rings. The summed E-state index contributed by atoms with van der Waals surface area (Å²) < 4.78 is 0. The highest BCUT2D eigenvalue weighted by molar-refractivity contribution is 7.99. The molecular formula is C15H21Cl2NS. The molecule has 0 spiro atoms. The summed E-state index contributed by atoms with van der Waals surface area (Å²) >= 11 is 14.3. The van der Waals surface area contributed by atoms with Crippen molar-refractivity contribution in [3.8, 4) is 0 Å². The van der Waals surface area contributed by atoms with Gasteiger partial charge in [-0.3, -0.25) is 0 Å². The molecule has 0 aliphatic heterocycles. The van der Waals surface area contributed by atoms with Gasteiger partial charge < -0.3 is 5.32 Å². The van der Waals surface area contributed by atoms with E-state index in [0.29, 0.717) is 11.1 Å². The summed E-state index contributed by atoms with van der Waals surface area (Å²) in [5.41, 5.74) is 1.14. The number of halogens is 2. The molecule has 19 heavy (non-hydrogen) atoms. The average molecular weight is 318 g/mol. The van der Waals surface area contributed by atoms with Crippen LogP contribution in [0.2, 0.25) is 10.0 Å². The van der Waals surface area contributed by atoms with Gasteiger partial charge in [-0.15, -0.1) is 0 Å². The smallest absolute Gasteiger partial charge is 0.0468 e. The molecule has 1 saturated carbocycles. The van der Waals surface area contributed by atoms with E-state index < -0.39 is 0 Å². The highest BCUT2D eigenvalue weighted by atomic mass is 35.5. The molecule has 0 bridgehead atoms. The van der Waals surface area contributed by atoms with Crippen LogP contribution in [0.4, 0.5) is 0 Å². The van der Waals surface area contributed by atoms with Gasteiger partial charge >= 0.3 is 0 Å². The molecule has 1 fully saturated rings.